The first-order valence-corrected chi connectivity index (χ1v) is 10.0. The van der Waals surface area contributed by atoms with E-state index in [1.165, 1.54) is 17.3 Å². The first-order valence-electron chi connectivity index (χ1n) is 10.0. The Morgan fingerprint density at radius 2 is 1.97 bits per heavy atom. The van der Waals surface area contributed by atoms with Crippen molar-refractivity contribution in [3.05, 3.63) is 83.7 Å². The van der Waals surface area contributed by atoms with Gasteiger partial charge < -0.3 is 4.90 Å². The largest absolute Gasteiger partial charge is 0.362 e. The number of fused-ring (bicyclic) bond motifs is 1. The number of para-hydroxylation sites is 1. The number of allylic oxidation sites excluding steroid dienone is 1. The van der Waals surface area contributed by atoms with Gasteiger partial charge in [-0.1, -0.05) is 53.7 Å². The highest BCUT2D eigenvalue weighted by Gasteiger charge is 2.18. The van der Waals surface area contributed by atoms with Crippen LogP contribution in [-0.2, 0) is 17.8 Å². The van der Waals surface area contributed by atoms with Crippen molar-refractivity contribution in [2.24, 2.45) is 5.10 Å². The van der Waals surface area contributed by atoms with Gasteiger partial charge in [0.15, 0.2) is 0 Å². The highest BCUT2D eigenvalue weighted by molar-refractivity contribution is 5.84. The standard InChI is InChI=1S/C23H24N6O/c30-23(18-28-15-7-11-20-10-4-5-13-22(20)28)26-24-14-6-12-21-17-29(27-25-21)16-19-8-2-1-3-9-19/h1-6,8-10,12-14,17H,7,11,15-16,18H2,(H,26,30)/b12-6+,24-14-. The van der Waals surface area contributed by atoms with Gasteiger partial charge in [-0.15, -0.1) is 5.10 Å². The Bertz CT molecular complexity index is 1040. The highest BCUT2D eigenvalue weighted by atomic mass is 16.2. The fraction of sp³-hybridized carbons (Fsp3) is 0.217. The number of nitrogens with one attached hydrogen (secondary N) is 1. The van der Waals surface area contributed by atoms with E-state index in [0.717, 1.165) is 30.8 Å². The average molecular weight is 400 g/mol. The van der Waals surface area contributed by atoms with E-state index in [1.807, 2.05) is 36.5 Å². The van der Waals surface area contributed by atoms with Crippen molar-refractivity contribution < 1.29 is 4.79 Å². The van der Waals surface area contributed by atoms with Crippen molar-refractivity contribution in [2.45, 2.75) is 19.4 Å². The number of carbonyl (C=O) groups excluding carboxylic acids is 1. The third-order valence-corrected chi connectivity index (χ3v) is 4.90. The Hall–Kier alpha value is -3.74. The smallest absolute Gasteiger partial charge is 0.259 e. The van der Waals surface area contributed by atoms with Crippen LogP contribution in [0.15, 0.2) is 72.0 Å². The van der Waals surface area contributed by atoms with Crippen molar-refractivity contribution in [1.29, 1.82) is 0 Å². The molecule has 1 aromatic heterocycles. The molecule has 1 aliphatic heterocycles. The molecule has 3 aromatic rings. The number of hydrazone groups is 1. The third kappa shape index (κ3) is 5.20. The molecule has 7 nitrogen and oxygen atoms in total. The minimum Gasteiger partial charge on any atom is -0.362 e. The maximum atomic E-state index is 12.2. The Morgan fingerprint density at radius 1 is 1.13 bits per heavy atom. The third-order valence-electron chi connectivity index (χ3n) is 4.90. The van der Waals surface area contributed by atoms with Crippen LogP contribution in [0.1, 0.15) is 23.2 Å². The summed E-state index contributed by atoms with van der Waals surface area (Å²) < 4.78 is 1.78. The molecule has 0 saturated heterocycles. The topological polar surface area (TPSA) is 75.4 Å². The summed E-state index contributed by atoms with van der Waals surface area (Å²) in [6, 6.07) is 18.3. The molecule has 2 heterocycles. The van der Waals surface area contributed by atoms with Gasteiger partial charge in [-0.25, -0.2) is 10.1 Å². The lowest BCUT2D eigenvalue weighted by molar-refractivity contribution is -0.119. The highest BCUT2D eigenvalue weighted by Crippen LogP contribution is 2.26. The van der Waals surface area contributed by atoms with Gasteiger partial charge in [0.2, 0.25) is 0 Å². The second kappa shape index (κ2) is 9.65. The van der Waals surface area contributed by atoms with E-state index in [2.05, 4.69) is 50.0 Å². The van der Waals surface area contributed by atoms with Gasteiger partial charge in [0.05, 0.1) is 19.3 Å². The molecule has 0 spiro atoms. The summed E-state index contributed by atoms with van der Waals surface area (Å²) in [5, 5.41) is 12.2. The number of aromatic nitrogens is 3. The van der Waals surface area contributed by atoms with Crippen LogP contribution in [0.5, 0.6) is 0 Å². The summed E-state index contributed by atoms with van der Waals surface area (Å²) in [7, 11) is 0. The molecule has 7 heteroatoms. The van der Waals surface area contributed by atoms with E-state index in [9.17, 15) is 4.79 Å². The van der Waals surface area contributed by atoms with Gasteiger partial charge in [0.1, 0.15) is 5.69 Å². The van der Waals surface area contributed by atoms with Gasteiger partial charge in [-0.05, 0) is 42.2 Å². The molecule has 152 valence electrons. The molecular formula is C23H24N6O. The van der Waals surface area contributed by atoms with E-state index in [4.69, 9.17) is 0 Å². The minimum absolute atomic E-state index is 0.134. The molecule has 0 fully saturated rings. The molecule has 0 bridgehead atoms. The summed E-state index contributed by atoms with van der Waals surface area (Å²) >= 11 is 0. The van der Waals surface area contributed by atoms with E-state index < -0.39 is 0 Å². The number of hydrogen-bond acceptors (Lipinski definition) is 5. The fourth-order valence-corrected chi connectivity index (χ4v) is 3.52. The van der Waals surface area contributed by atoms with Crippen molar-refractivity contribution in [3.8, 4) is 0 Å². The van der Waals surface area contributed by atoms with Crippen LogP contribution >= 0.6 is 0 Å². The molecule has 1 N–H and O–H groups in total. The number of aryl methyl sites for hydroxylation is 1. The molecule has 1 amide bonds. The predicted octanol–water partition coefficient (Wildman–Crippen LogP) is 2.89. The van der Waals surface area contributed by atoms with Crippen LogP contribution in [0.3, 0.4) is 0 Å². The zero-order chi connectivity index (χ0) is 20.6. The summed E-state index contributed by atoms with van der Waals surface area (Å²) in [6.45, 7) is 1.85. The number of amides is 1. The van der Waals surface area contributed by atoms with Crippen LogP contribution in [0.25, 0.3) is 6.08 Å². The maximum Gasteiger partial charge on any atom is 0.259 e. The van der Waals surface area contributed by atoms with Gasteiger partial charge >= 0.3 is 0 Å². The zero-order valence-corrected chi connectivity index (χ0v) is 16.7. The van der Waals surface area contributed by atoms with Gasteiger partial charge in [-0.3, -0.25) is 4.79 Å². The molecule has 0 atom stereocenters. The Morgan fingerprint density at radius 3 is 2.87 bits per heavy atom. The quantitative estimate of drug-likeness (QED) is 0.489. The lowest BCUT2D eigenvalue weighted by Gasteiger charge is -2.30. The Labute approximate surface area is 175 Å². The number of nitrogens with zero attached hydrogens (tertiary/aromatic N) is 5. The van der Waals surface area contributed by atoms with Crippen molar-refractivity contribution in [3.63, 3.8) is 0 Å². The number of hydrogen-bond donors (Lipinski definition) is 1. The normalized spacial score (nSPS) is 13.7. The van der Waals surface area contributed by atoms with Gasteiger partial charge in [-0.2, -0.15) is 5.10 Å². The molecular weight excluding hydrogens is 376 g/mol. The van der Waals surface area contributed by atoms with Crippen LogP contribution in [-0.4, -0.2) is 40.2 Å². The van der Waals surface area contributed by atoms with E-state index >= 15 is 0 Å². The number of benzene rings is 2. The zero-order valence-electron chi connectivity index (χ0n) is 16.7. The number of carbonyl (C=O) groups is 1. The lowest BCUT2D eigenvalue weighted by atomic mass is 10.0. The minimum atomic E-state index is -0.134. The van der Waals surface area contributed by atoms with Crippen LogP contribution in [0, 0.1) is 0 Å². The first kappa shape index (κ1) is 19.6. The molecule has 0 unspecified atom stereocenters. The van der Waals surface area contributed by atoms with Gasteiger partial charge in [0.25, 0.3) is 5.91 Å². The van der Waals surface area contributed by atoms with Crippen molar-refractivity contribution in [1.82, 2.24) is 20.4 Å². The number of rotatable bonds is 7. The Kier molecular flexibility index (Phi) is 6.29. The van der Waals surface area contributed by atoms with E-state index in [0.29, 0.717) is 13.1 Å². The van der Waals surface area contributed by atoms with Gasteiger partial charge in [0, 0.05) is 18.4 Å². The molecule has 0 saturated carbocycles. The second-order valence-electron chi connectivity index (χ2n) is 7.15. The average Bonchev–Trinajstić information content (AvgIpc) is 3.21. The number of anilines is 1. The molecule has 0 aliphatic carbocycles. The van der Waals surface area contributed by atoms with E-state index in [1.54, 1.807) is 16.8 Å². The molecule has 0 radical (unpaired) electrons. The fourth-order valence-electron chi connectivity index (χ4n) is 3.52. The first-order chi connectivity index (χ1) is 14.8. The summed E-state index contributed by atoms with van der Waals surface area (Å²) in [6.07, 6.45) is 9.05. The maximum absolute atomic E-state index is 12.2. The molecule has 1 aliphatic rings. The Balaban J connectivity index is 1.24. The predicted molar refractivity (Wildman–Crippen MR) is 118 cm³/mol. The summed E-state index contributed by atoms with van der Waals surface area (Å²) in [5.74, 6) is -0.134. The monoisotopic (exact) mass is 400 g/mol. The second-order valence-corrected chi connectivity index (χ2v) is 7.15. The SMILES string of the molecule is O=C(CN1CCCc2ccccc21)N/N=C\C=C\c1cn(Cc2ccccc2)nn1. The van der Waals surface area contributed by atoms with Crippen LogP contribution in [0.2, 0.25) is 0 Å². The van der Waals surface area contributed by atoms with Crippen molar-refractivity contribution >= 4 is 23.9 Å². The molecule has 4 rings (SSSR count). The van der Waals surface area contributed by atoms with Crippen LogP contribution < -0.4 is 10.3 Å². The summed E-state index contributed by atoms with van der Waals surface area (Å²) in [4.78, 5) is 14.3. The summed E-state index contributed by atoms with van der Waals surface area (Å²) in [5.41, 5.74) is 6.91. The molecule has 30 heavy (non-hydrogen) atoms. The van der Waals surface area contributed by atoms with Crippen molar-refractivity contribution in [2.75, 3.05) is 18.0 Å². The van der Waals surface area contributed by atoms with Crippen LogP contribution in [0.4, 0.5) is 5.69 Å². The lowest BCUT2D eigenvalue weighted by Crippen LogP contribution is -2.38. The van der Waals surface area contributed by atoms with E-state index in [-0.39, 0.29) is 5.91 Å². The molecule has 2 aromatic carbocycles.